The number of hydrogen-bond acceptors (Lipinski definition) is 1. The highest BCUT2D eigenvalue weighted by Crippen LogP contribution is 2.44. The Balaban J connectivity index is 1.73. The first kappa shape index (κ1) is 11.2. The molecule has 0 spiro atoms. The Labute approximate surface area is 217 Å². The van der Waals surface area contributed by atoms with E-state index in [1.54, 1.807) is 18.2 Å². The second-order valence-corrected chi connectivity index (χ2v) is 8.48. The zero-order chi connectivity index (χ0) is 32.5. The van der Waals surface area contributed by atoms with Crippen LogP contribution in [0.2, 0.25) is 0 Å². The van der Waals surface area contributed by atoms with Crippen LogP contribution in [0.1, 0.15) is 15.1 Å². The molecule has 0 aliphatic rings. The largest absolute Gasteiger partial charge is 0.456 e. The normalized spacial score (nSPS) is 16.4. The smallest absolute Gasteiger partial charge is 0.136 e. The molecule has 1 heteroatoms. The molecule has 0 radical (unpaired) electrons. The molecule has 35 heavy (non-hydrogen) atoms. The van der Waals surface area contributed by atoms with Gasteiger partial charge in [-0.1, -0.05) is 96.8 Å². The Bertz CT molecular complexity index is 2710. The average Bonchev–Trinajstić information content (AvgIpc) is 3.42. The second-order valence-electron chi connectivity index (χ2n) is 8.48. The van der Waals surface area contributed by atoms with Crippen LogP contribution in [0.3, 0.4) is 0 Å². The molecular formula is C34H20O. The maximum absolute atomic E-state index is 9.33. The van der Waals surface area contributed by atoms with E-state index in [9.17, 15) is 2.74 Å². The first-order valence-corrected chi connectivity index (χ1v) is 11.1. The average molecular weight is 456 g/mol. The molecule has 1 nitrogen and oxygen atoms in total. The van der Waals surface area contributed by atoms with Gasteiger partial charge >= 0.3 is 0 Å². The van der Waals surface area contributed by atoms with Gasteiger partial charge in [-0.05, 0) is 78.5 Å². The third-order valence-electron chi connectivity index (χ3n) is 6.57. The van der Waals surface area contributed by atoms with E-state index in [1.807, 2.05) is 36.4 Å². The van der Waals surface area contributed by atoms with Crippen LogP contribution < -0.4 is 0 Å². The van der Waals surface area contributed by atoms with Crippen molar-refractivity contribution in [1.82, 2.24) is 0 Å². The number of fused-ring (bicyclic) bond motifs is 8. The van der Waals surface area contributed by atoms with Crippen molar-refractivity contribution in [2.75, 3.05) is 0 Å². The summed E-state index contributed by atoms with van der Waals surface area (Å²) in [5.41, 5.74) is 1.63. The number of benzene rings is 7. The molecule has 1 heterocycles. The van der Waals surface area contributed by atoms with Crippen molar-refractivity contribution < 1.29 is 19.5 Å². The molecule has 162 valence electrons. The maximum Gasteiger partial charge on any atom is 0.136 e. The molecule has 0 aliphatic carbocycles. The quantitative estimate of drug-likeness (QED) is 0.177. The van der Waals surface area contributed by atoms with Crippen LogP contribution in [0.5, 0.6) is 0 Å². The molecule has 0 amide bonds. The fraction of sp³-hybridized carbons (Fsp3) is 0. The summed E-state index contributed by atoms with van der Waals surface area (Å²) in [6.45, 7) is 0. The molecule has 8 rings (SSSR count). The van der Waals surface area contributed by atoms with Gasteiger partial charge in [0.1, 0.15) is 11.2 Å². The molecular weight excluding hydrogens is 424 g/mol. The van der Waals surface area contributed by atoms with Crippen LogP contribution in [-0.4, -0.2) is 0 Å². The van der Waals surface area contributed by atoms with Crippen LogP contribution in [-0.2, 0) is 0 Å². The fourth-order valence-electron chi connectivity index (χ4n) is 5.05. The monoisotopic (exact) mass is 455 g/mol. The zero-order valence-electron chi connectivity index (χ0n) is 29.1. The van der Waals surface area contributed by atoms with Crippen LogP contribution >= 0.6 is 0 Å². The molecule has 0 bridgehead atoms. The third-order valence-corrected chi connectivity index (χ3v) is 6.57. The summed E-state index contributed by atoms with van der Waals surface area (Å²) < 4.78 is 103. The molecule has 1 aromatic heterocycles. The van der Waals surface area contributed by atoms with Gasteiger partial charge in [0.2, 0.25) is 0 Å². The summed E-state index contributed by atoms with van der Waals surface area (Å²) in [7, 11) is 0. The highest BCUT2D eigenvalue weighted by molar-refractivity contribution is 6.25. The SMILES string of the molecule is [2H]c1c([2H])c([2H])c2c([2H])c3c(c([2H])c([2H])c4c([2H])c([2H])c([2H])c([2H])c43)c(-c3cccc4oc5cc6ccccc6cc5c34)c2c1[2H]. The lowest BCUT2D eigenvalue weighted by atomic mass is 9.88. The molecule has 0 unspecified atom stereocenters. The first-order valence-electron chi connectivity index (χ1n) is 16.6. The van der Waals surface area contributed by atoms with Crippen LogP contribution in [0.4, 0.5) is 0 Å². The molecule has 0 aliphatic heterocycles. The van der Waals surface area contributed by atoms with Crippen molar-refractivity contribution in [2.45, 2.75) is 0 Å². The van der Waals surface area contributed by atoms with Gasteiger partial charge < -0.3 is 4.42 Å². The van der Waals surface area contributed by atoms with E-state index in [2.05, 4.69) is 0 Å². The van der Waals surface area contributed by atoms with E-state index in [1.165, 1.54) is 0 Å². The minimum absolute atomic E-state index is 0.0206. The van der Waals surface area contributed by atoms with Crippen molar-refractivity contribution in [2.24, 2.45) is 0 Å². The summed E-state index contributed by atoms with van der Waals surface area (Å²) >= 11 is 0. The Hall–Kier alpha value is -4.62. The van der Waals surface area contributed by atoms with Crippen molar-refractivity contribution in [3.05, 3.63) is 121 Å². The topological polar surface area (TPSA) is 13.1 Å². The van der Waals surface area contributed by atoms with E-state index in [0.717, 1.165) is 10.8 Å². The Morgan fingerprint density at radius 2 is 1.29 bits per heavy atom. The van der Waals surface area contributed by atoms with E-state index in [0.29, 0.717) is 27.5 Å². The highest BCUT2D eigenvalue weighted by Gasteiger charge is 2.18. The van der Waals surface area contributed by atoms with E-state index in [-0.39, 0.29) is 37.9 Å². The number of furan rings is 1. The van der Waals surface area contributed by atoms with Crippen molar-refractivity contribution in [3.63, 3.8) is 0 Å². The molecule has 8 aromatic rings. The summed E-state index contributed by atoms with van der Waals surface area (Å²) in [4.78, 5) is 0. The van der Waals surface area contributed by atoms with Gasteiger partial charge in [-0.2, -0.15) is 0 Å². The molecule has 0 atom stereocenters. The van der Waals surface area contributed by atoms with Gasteiger partial charge in [0, 0.05) is 10.8 Å². The lowest BCUT2D eigenvalue weighted by Crippen LogP contribution is -1.88. The van der Waals surface area contributed by atoms with E-state index < -0.39 is 66.5 Å². The zero-order valence-corrected chi connectivity index (χ0v) is 18.1. The Morgan fingerprint density at radius 1 is 0.514 bits per heavy atom. The molecule has 0 fully saturated rings. The summed E-state index contributed by atoms with van der Waals surface area (Å²) in [5.74, 6) is 0. The van der Waals surface area contributed by atoms with Gasteiger partial charge in [0.15, 0.2) is 0 Å². The van der Waals surface area contributed by atoms with Crippen molar-refractivity contribution in [1.29, 1.82) is 0 Å². The lowest BCUT2D eigenvalue weighted by Gasteiger charge is -2.15. The minimum Gasteiger partial charge on any atom is -0.456 e. The summed E-state index contributed by atoms with van der Waals surface area (Å²) in [5, 5.41) is 2.50. The Morgan fingerprint density at radius 3 is 2.17 bits per heavy atom. The maximum atomic E-state index is 9.33. The molecule has 7 aromatic carbocycles. The number of rotatable bonds is 1. The van der Waals surface area contributed by atoms with Crippen LogP contribution in [0, 0.1) is 0 Å². The second kappa shape index (κ2) is 6.94. The standard InChI is InChI=1S/C34H20O/c1-2-10-23-20-32-30(18-22(23)9-1)34-28(14-7-15-31(34)35-32)33-26-13-6-4-11-24(26)19-29-25-12-5-3-8-21(25)16-17-27(29)33/h1-20H/i3D,4D,5D,6D,8D,11D,12D,13D,16D,17D,19D. The first-order chi connectivity index (χ1) is 21.9. The van der Waals surface area contributed by atoms with E-state index >= 15 is 0 Å². The van der Waals surface area contributed by atoms with Gasteiger partial charge in [-0.25, -0.2) is 0 Å². The third kappa shape index (κ3) is 2.64. The van der Waals surface area contributed by atoms with Crippen LogP contribution in [0.15, 0.2) is 125 Å². The van der Waals surface area contributed by atoms with Crippen molar-refractivity contribution >= 4 is 65.0 Å². The van der Waals surface area contributed by atoms with Gasteiger partial charge in [0.05, 0.1) is 15.1 Å². The molecule has 0 saturated heterocycles. The summed E-state index contributed by atoms with van der Waals surface area (Å²) in [6.07, 6.45) is 0. The van der Waals surface area contributed by atoms with E-state index in [4.69, 9.17) is 16.8 Å². The fourth-order valence-corrected chi connectivity index (χ4v) is 5.05. The van der Waals surface area contributed by atoms with Gasteiger partial charge in [0.25, 0.3) is 0 Å². The highest BCUT2D eigenvalue weighted by atomic mass is 16.3. The van der Waals surface area contributed by atoms with Crippen molar-refractivity contribution in [3.8, 4) is 11.1 Å². The predicted octanol–water partition coefficient (Wildman–Crippen LogP) is 9.87. The van der Waals surface area contributed by atoms with Gasteiger partial charge in [-0.3, -0.25) is 0 Å². The predicted molar refractivity (Wildman–Crippen MR) is 149 cm³/mol. The minimum atomic E-state index is -0.582. The van der Waals surface area contributed by atoms with Gasteiger partial charge in [-0.15, -0.1) is 0 Å². The Kier molecular flexibility index (Phi) is 2.22. The molecule has 0 saturated carbocycles. The lowest BCUT2D eigenvalue weighted by molar-refractivity contribution is 0.669. The number of hydrogen-bond donors (Lipinski definition) is 0. The summed E-state index contributed by atoms with van der Waals surface area (Å²) in [6, 6.07) is 11.3. The molecule has 0 N–H and O–H groups in total. The van der Waals surface area contributed by atoms with Crippen LogP contribution in [0.25, 0.3) is 76.2 Å².